The van der Waals surface area contributed by atoms with E-state index in [2.05, 4.69) is 6.07 Å². The van der Waals surface area contributed by atoms with E-state index in [1.807, 2.05) is 19.1 Å². The molecule has 0 aliphatic rings. The maximum absolute atomic E-state index is 13.2. The molecule has 0 fully saturated rings. The molecule has 0 atom stereocenters. The Balaban J connectivity index is 2.67. The van der Waals surface area contributed by atoms with Crippen LogP contribution in [0.1, 0.15) is 11.1 Å². The number of thiophene rings is 1. The molecule has 70 valence electrons. The molecule has 1 aromatic heterocycles. The topological polar surface area (TPSA) is 23.8 Å². The van der Waals surface area contributed by atoms with Crippen molar-refractivity contribution >= 4 is 21.4 Å². The molecule has 0 amide bonds. The molecule has 1 heterocycles. The van der Waals surface area contributed by atoms with E-state index in [-0.39, 0.29) is 5.82 Å². The maximum Gasteiger partial charge on any atom is 0.141 e. The number of halogens is 1. The number of nitrogens with zero attached hydrogens (tertiary/aromatic N) is 1. The van der Waals surface area contributed by atoms with Gasteiger partial charge in [-0.3, -0.25) is 0 Å². The second kappa shape index (κ2) is 3.39. The van der Waals surface area contributed by atoms with Gasteiger partial charge < -0.3 is 0 Å². The van der Waals surface area contributed by atoms with Crippen molar-refractivity contribution in [3.63, 3.8) is 0 Å². The largest absolute Gasteiger partial charge is 0.205 e. The van der Waals surface area contributed by atoms with Crippen LogP contribution in [0.4, 0.5) is 4.39 Å². The minimum Gasteiger partial charge on any atom is -0.205 e. The molecule has 0 aliphatic heterocycles. The van der Waals surface area contributed by atoms with Gasteiger partial charge in [-0.2, -0.15) is 5.26 Å². The van der Waals surface area contributed by atoms with E-state index < -0.39 is 0 Å². The van der Waals surface area contributed by atoms with Crippen LogP contribution < -0.4 is 0 Å². The minimum atomic E-state index is -0.170. The smallest absolute Gasteiger partial charge is 0.141 e. The Labute approximate surface area is 85.4 Å². The summed E-state index contributed by atoms with van der Waals surface area (Å²) < 4.78 is 14.1. The zero-order valence-corrected chi connectivity index (χ0v) is 8.49. The van der Waals surface area contributed by atoms with Crippen LogP contribution in [-0.4, -0.2) is 0 Å². The SMILES string of the molecule is Cc1cc2c(F)csc2cc1CC#N. The van der Waals surface area contributed by atoms with Crippen LogP contribution in [0.3, 0.4) is 0 Å². The first-order valence-electron chi connectivity index (χ1n) is 4.25. The summed E-state index contributed by atoms with van der Waals surface area (Å²) in [6, 6.07) is 5.82. The van der Waals surface area contributed by atoms with Gasteiger partial charge in [0.2, 0.25) is 0 Å². The highest BCUT2D eigenvalue weighted by Crippen LogP contribution is 2.27. The Morgan fingerprint density at radius 2 is 2.29 bits per heavy atom. The fourth-order valence-corrected chi connectivity index (χ4v) is 2.32. The molecular weight excluding hydrogens is 197 g/mol. The highest BCUT2D eigenvalue weighted by atomic mass is 32.1. The number of nitriles is 1. The molecule has 2 rings (SSSR count). The van der Waals surface area contributed by atoms with Crippen LogP contribution in [-0.2, 0) is 6.42 Å². The van der Waals surface area contributed by atoms with Crippen molar-refractivity contribution in [1.29, 1.82) is 5.26 Å². The lowest BCUT2D eigenvalue weighted by atomic mass is 10.0. The van der Waals surface area contributed by atoms with Gasteiger partial charge in [0.1, 0.15) is 5.82 Å². The number of benzene rings is 1. The van der Waals surface area contributed by atoms with E-state index in [1.54, 1.807) is 0 Å². The molecule has 0 spiro atoms. The van der Waals surface area contributed by atoms with Gasteiger partial charge in [0.25, 0.3) is 0 Å². The first-order valence-corrected chi connectivity index (χ1v) is 5.13. The van der Waals surface area contributed by atoms with E-state index in [4.69, 9.17) is 5.26 Å². The fourth-order valence-electron chi connectivity index (χ4n) is 1.47. The van der Waals surface area contributed by atoms with E-state index in [1.165, 1.54) is 16.7 Å². The van der Waals surface area contributed by atoms with E-state index in [0.29, 0.717) is 11.8 Å². The average Bonchev–Trinajstić information content (AvgIpc) is 2.50. The summed E-state index contributed by atoms with van der Waals surface area (Å²) in [7, 11) is 0. The van der Waals surface area contributed by atoms with Gasteiger partial charge in [-0.1, -0.05) is 0 Å². The zero-order valence-electron chi connectivity index (χ0n) is 7.67. The van der Waals surface area contributed by atoms with Gasteiger partial charge in [0.15, 0.2) is 0 Å². The molecule has 1 nitrogen and oxygen atoms in total. The molecule has 0 N–H and O–H groups in total. The van der Waals surface area contributed by atoms with Crippen LogP contribution >= 0.6 is 11.3 Å². The average molecular weight is 205 g/mol. The Hall–Kier alpha value is -1.40. The summed E-state index contributed by atoms with van der Waals surface area (Å²) in [6.07, 6.45) is 0.390. The Morgan fingerprint density at radius 1 is 1.50 bits per heavy atom. The van der Waals surface area contributed by atoms with Crippen LogP contribution in [0.5, 0.6) is 0 Å². The van der Waals surface area contributed by atoms with E-state index >= 15 is 0 Å². The first kappa shape index (κ1) is 9.17. The number of hydrogen-bond donors (Lipinski definition) is 0. The van der Waals surface area contributed by atoms with Crippen molar-refractivity contribution in [2.75, 3.05) is 0 Å². The quantitative estimate of drug-likeness (QED) is 0.699. The standard InChI is InChI=1S/C11H8FNS/c1-7-4-9-10(12)6-14-11(9)5-8(7)2-3-13/h4-6H,2H2,1H3. The van der Waals surface area contributed by atoms with Crippen molar-refractivity contribution in [2.24, 2.45) is 0 Å². The second-order valence-electron chi connectivity index (χ2n) is 3.19. The molecule has 0 saturated carbocycles. The van der Waals surface area contributed by atoms with Crippen molar-refractivity contribution in [1.82, 2.24) is 0 Å². The van der Waals surface area contributed by atoms with Crippen molar-refractivity contribution in [3.05, 3.63) is 34.5 Å². The van der Waals surface area contributed by atoms with Gasteiger partial charge in [0.05, 0.1) is 12.5 Å². The highest BCUT2D eigenvalue weighted by molar-refractivity contribution is 7.17. The number of hydrogen-bond acceptors (Lipinski definition) is 2. The van der Waals surface area contributed by atoms with E-state index in [0.717, 1.165) is 15.8 Å². The molecule has 0 aliphatic carbocycles. The van der Waals surface area contributed by atoms with Gasteiger partial charge in [-0.05, 0) is 30.2 Å². The van der Waals surface area contributed by atoms with Gasteiger partial charge >= 0.3 is 0 Å². The summed E-state index contributed by atoms with van der Waals surface area (Å²) in [4.78, 5) is 0. The highest BCUT2D eigenvalue weighted by Gasteiger charge is 2.06. The number of rotatable bonds is 1. The van der Waals surface area contributed by atoms with Crippen molar-refractivity contribution in [3.8, 4) is 6.07 Å². The molecule has 1 aromatic carbocycles. The zero-order chi connectivity index (χ0) is 10.1. The van der Waals surface area contributed by atoms with Gasteiger partial charge in [-0.15, -0.1) is 11.3 Å². The van der Waals surface area contributed by atoms with Crippen LogP contribution in [0.2, 0.25) is 0 Å². The predicted molar refractivity (Wildman–Crippen MR) is 55.8 cm³/mol. The van der Waals surface area contributed by atoms with Gasteiger partial charge in [-0.25, -0.2) is 4.39 Å². The Bertz CT molecular complexity index is 522. The monoisotopic (exact) mass is 205 g/mol. The number of fused-ring (bicyclic) bond motifs is 1. The van der Waals surface area contributed by atoms with Crippen molar-refractivity contribution < 1.29 is 4.39 Å². The third-order valence-corrected chi connectivity index (χ3v) is 3.17. The minimum absolute atomic E-state index is 0.170. The maximum atomic E-state index is 13.2. The lowest BCUT2D eigenvalue weighted by molar-refractivity contribution is 0.644. The Kier molecular flexibility index (Phi) is 2.22. The van der Waals surface area contributed by atoms with E-state index in [9.17, 15) is 4.39 Å². The van der Waals surface area contributed by atoms with Gasteiger partial charge in [0, 0.05) is 15.5 Å². The third kappa shape index (κ3) is 1.38. The predicted octanol–water partition coefficient (Wildman–Crippen LogP) is 3.41. The van der Waals surface area contributed by atoms with Crippen LogP contribution in [0.15, 0.2) is 17.5 Å². The molecule has 0 saturated heterocycles. The second-order valence-corrected chi connectivity index (χ2v) is 4.10. The molecule has 0 bridgehead atoms. The Morgan fingerprint density at radius 3 is 3.00 bits per heavy atom. The number of aryl methyl sites for hydroxylation is 1. The molecule has 2 aromatic rings. The molecule has 3 heteroatoms. The van der Waals surface area contributed by atoms with Crippen molar-refractivity contribution in [2.45, 2.75) is 13.3 Å². The fraction of sp³-hybridized carbons (Fsp3) is 0.182. The lowest BCUT2D eigenvalue weighted by Gasteiger charge is -2.01. The molecule has 14 heavy (non-hydrogen) atoms. The summed E-state index contributed by atoms with van der Waals surface area (Å²) in [5.74, 6) is -0.170. The molecule has 0 unspecified atom stereocenters. The summed E-state index contributed by atoms with van der Waals surface area (Å²) in [5.41, 5.74) is 1.97. The molecular formula is C11H8FNS. The van der Waals surface area contributed by atoms with Crippen LogP contribution in [0, 0.1) is 24.1 Å². The van der Waals surface area contributed by atoms with Crippen LogP contribution in [0.25, 0.3) is 10.1 Å². The summed E-state index contributed by atoms with van der Waals surface area (Å²) in [5, 5.41) is 10.8. The third-order valence-electron chi connectivity index (χ3n) is 2.25. The lowest BCUT2D eigenvalue weighted by Crippen LogP contribution is -1.86. The molecule has 0 radical (unpaired) electrons. The summed E-state index contributed by atoms with van der Waals surface area (Å²) >= 11 is 1.38. The summed E-state index contributed by atoms with van der Waals surface area (Å²) in [6.45, 7) is 1.91. The normalized spacial score (nSPS) is 10.4. The first-order chi connectivity index (χ1) is 6.72.